The Morgan fingerprint density at radius 2 is 1.74 bits per heavy atom. The highest BCUT2D eigenvalue weighted by Gasteiger charge is 2.36. The Bertz CT molecular complexity index is 513. The highest BCUT2D eigenvalue weighted by atomic mass is 28.3. The van der Waals surface area contributed by atoms with Crippen LogP contribution in [-0.2, 0) is 9.53 Å². The number of hydrogen-bond acceptors (Lipinski definition) is 4. The summed E-state index contributed by atoms with van der Waals surface area (Å²) in [6, 6.07) is 8.05. The molecule has 130 valence electrons. The maximum absolute atomic E-state index is 12.5. The molecule has 0 spiro atoms. The molecule has 1 unspecified atom stereocenters. The lowest BCUT2D eigenvalue weighted by Gasteiger charge is -2.28. The Morgan fingerprint density at radius 1 is 1.22 bits per heavy atom. The zero-order chi connectivity index (χ0) is 17.8. The van der Waals surface area contributed by atoms with Gasteiger partial charge in [0.1, 0.15) is 12.5 Å². The van der Waals surface area contributed by atoms with E-state index in [4.69, 9.17) is 4.74 Å². The summed E-state index contributed by atoms with van der Waals surface area (Å²) in [6.45, 7) is 11.1. The minimum absolute atomic E-state index is 0.325. The number of nitrogens with zero attached hydrogens (tertiary/aromatic N) is 1. The fourth-order valence-electron chi connectivity index (χ4n) is 2.42. The number of rotatable bonds is 7. The first-order valence-electron chi connectivity index (χ1n) is 8.07. The van der Waals surface area contributed by atoms with E-state index in [1.54, 1.807) is 13.8 Å². The summed E-state index contributed by atoms with van der Waals surface area (Å²) in [5.74, 6) is -1.06. The van der Waals surface area contributed by atoms with Gasteiger partial charge in [0.05, 0.1) is 13.7 Å². The summed E-state index contributed by atoms with van der Waals surface area (Å²) in [5, 5.41) is 11.8. The van der Waals surface area contributed by atoms with Crippen LogP contribution in [0.1, 0.15) is 25.3 Å². The molecule has 0 radical (unpaired) electrons. The van der Waals surface area contributed by atoms with Crippen molar-refractivity contribution in [2.45, 2.75) is 45.0 Å². The Kier molecular flexibility index (Phi) is 6.56. The molecule has 0 aliphatic rings. The maximum atomic E-state index is 12.5. The van der Waals surface area contributed by atoms with Gasteiger partial charge in [-0.3, -0.25) is 4.79 Å². The zero-order valence-electron chi connectivity index (χ0n) is 15.5. The van der Waals surface area contributed by atoms with E-state index in [0.29, 0.717) is 13.2 Å². The zero-order valence-corrected chi connectivity index (χ0v) is 16.5. The van der Waals surface area contributed by atoms with Gasteiger partial charge >= 0.3 is 5.97 Å². The molecule has 1 atom stereocenters. The van der Waals surface area contributed by atoms with Gasteiger partial charge in [-0.15, -0.1) is 0 Å². The van der Waals surface area contributed by atoms with Gasteiger partial charge in [-0.05, 0) is 33.5 Å². The van der Waals surface area contributed by atoms with E-state index < -0.39 is 19.6 Å². The first-order chi connectivity index (χ1) is 10.4. The van der Waals surface area contributed by atoms with Gasteiger partial charge in [-0.1, -0.05) is 49.1 Å². The smallest absolute Gasteiger partial charge is 0.316 e. The summed E-state index contributed by atoms with van der Waals surface area (Å²) in [7, 11) is 2.47. The summed E-state index contributed by atoms with van der Waals surface area (Å²) < 4.78 is 5.36. The number of ether oxygens (including phenoxy) is 1. The molecule has 1 N–H and O–H groups in total. The van der Waals surface area contributed by atoms with E-state index in [0.717, 1.165) is 5.56 Å². The molecule has 0 bridgehead atoms. The Balaban J connectivity index is 2.97. The van der Waals surface area contributed by atoms with Crippen molar-refractivity contribution < 1.29 is 14.6 Å². The van der Waals surface area contributed by atoms with Gasteiger partial charge in [0.15, 0.2) is 0 Å². The van der Waals surface area contributed by atoms with Crippen molar-refractivity contribution in [3.63, 3.8) is 0 Å². The molecule has 0 aromatic heterocycles. The summed E-state index contributed by atoms with van der Waals surface area (Å²) in [4.78, 5) is 14.4. The average molecular weight is 338 g/mol. The predicted octanol–water partition coefficient (Wildman–Crippen LogP) is 2.19. The highest BCUT2D eigenvalue weighted by Crippen LogP contribution is 2.29. The first kappa shape index (κ1) is 19.9. The molecule has 0 saturated carbocycles. The summed E-state index contributed by atoms with van der Waals surface area (Å²) in [5.41, 5.74) is -0.370. The van der Waals surface area contributed by atoms with Crippen molar-refractivity contribution in [3.8, 4) is 0 Å². The van der Waals surface area contributed by atoms with Gasteiger partial charge in [-0.25, -0.2) is 0 Å². The molecule has 4 nitrogen and oxygen atoms in total. The average Bonchev–Trinajstić information content (AvgIpc) is 2.36. The van der Waals surface area contributed by atoms with Gasteiger partial charge < -0.3 is 14.7 Å². The quantitative estimate of drug-likeness (QED) is 0.612. The van der Waals surface area contributed by atoms with Crippen LogP contribution in [0, 0.1) is 0 Å². The maximum Gasteiger partial charge on any atom is 0.316 e. The second-order valence-electron chi connectivity index (χ2n) is 7.93. The van der Waals surface area contributed by atoms with Crippen molar-refractivity contribution >= 4 is 19.2 Å². The second-order valence-corrected chi connectivity index (χ2v) is 13.0. The Labute approximate surface area is 141 Å². The number of aliphatic hydroxyl groups is 1. The van der Waals surface area contributed by atoms with Crippen LogP contribution in [0.25, 0.3) is 0 Å². The van der Waals surface area contributed by atoms with E-state index in [-0.39, 0.29) is 5.97 Å². The third-order valence-electron chi connectivity index (χ3n) is 3.84. The minimum atomic E-state index is -1.38. The number of esters is 1. The van der Waals surface area contributed by atoms with Gasteiger partial charge in [0.25, 0.3) is 0 Å². The fraction of sp³-hybridized carbons (Fsp3) is 0.611. The van der Waals surface area contributed by atoms with Crippen LogP contribution in [0.2, 0.25) is 19.6 Å². The van der Waals surface area contributed by atoms with E-state index >= 15 is 0 Å². The number of hydrogen-bond donors (Lipinski definition) is 1. The minimum Gasteiger partial charge on any atom is -0.464 e. The molecular weight excluding hydrogens is 306 g/mol. The van der Waals surface area contributed by atoms with Crippen molar-refractivity contribution in [2.75, 3.05) is 27.2 Å². The van der Waals surface area contributed by atoms with Crippen molar-refractivity contribution in [2.24, 2.45) is 0 Å². The second kappa shape index (κ2) is 7.60. The lowest BCUT2D eigenvalue weighted by molar-refractivity contribution is -0.151. The molecule has 0 saturated heterocycles. The largest absolute Gasteiger partial charge is 0.464 e. The van der Waals surface area contributed by atoms with Crippen molar-refractivity contribution in [1.29, 1.82) is 0 Å². The van der Waals surface area contributed by atoms with E-state index in [9.17, 15) is 9.90 Å². The third kappa shape index (κ3) is 6.09. The van der Waals surface area contributed by atoms with Gasteiger partial charge in [0, 0.05) is 6.54 Å². The topological polar surface area (TPSA) is 49.8 Å². The molecule has 23 heavy (non-hydrogen) atoms. The van der Waals surface area contributed by atoms with Crippen LogP contribution < -0.4 is 5.19 Å². The fourth-order valence-corrected chi connectivity index (χ4v) is 3.59. The lowest BCUT2D eigenvalue weighted by atomic mass is 9.85. The predicted molar refractivity (Wildman–Crippen MR) is 98.0 cm³/mol. The van der Waals surface area contributed by atoms with E-state index in [2.05, 4.69) is 31.8 Å². The Morgan fingerprint density at radius 3 is 2.13 bits per heavy atom. The molecule has 1 rings (SSSR count). The molecule has 0 amide bonds. The Hall–Kier alpha value is -1.17. The van der Waals surface area contributed by atoms with Crippen LogP contribution in [0.3, 0.4) is 0 Å². The third-order valence-corrected chi connectivity index (χ3v) is 5.90. The number of carbonyl (C=O) groups is 1. The standard InChI is InChI=1S/C18H31NO3Si/c1-18(2,21)16(17(20)22-13-12-19(3)4)14-8-10-15(11-9-14)23(5,6)7/h8-11,16,21H,12-13H2,1-7H3. The lowest BCUT2D eigenvalue weighted by Crippen LogP contribution is -2.39. The van der Waals surface area contributed by atoms with E-state index in [1.807, 2.05) is 31.1 Å². The highest BCUT2D eigenvalue weighted by molar-refractivity contribution is 6.88. The molecule has 1 aromatic rings. The van der Waals surface area contributed by atoms with Gasteiger partial charge in [-0.2, -0.15) is 0 Å². The molecule has 0 fully saturated rings. The number of likely N-dealkylation sites (N-methyl/N-ethyl adjacent to an activating group) is 1. The van der Waals surface area contributed by atoms with E-state index in [1.165, 1.54) is 5.19 Å². The molecule has 0 heterocycles. The van der Waals surface area contributed by atoms with Crippen molar-refractivity contribution in [1.82, 2.24) is 4.90 Å². The van der Waals surface area contributed by atoms with Crippen molar-refractivity contribution in [3.05, 3.63) is 29.8 Å². The van der Waals surface area contributed by atoms with Crippen LogP contribution in [0.4, 0.5) is 0 Å². The molecule has 1 aromatic carbocycles. The summed E-state index contributed by atoms with van der Waals surface area (Å²) >= 11 is 0. The molecule has 0 aliphatic heterocycles. The van der Waals surface area contributed by atoms with Crippen LogP contribution in [0.15, 0.2) is 24.3 Å². The van der Waals surface area contributed by atoms with Crippen LogP contribution >= 0.6 is 0 Å². The van der Waals surface area contributed by atoms with Gasteiger partial charge in [0.2, 0.25) is 0 Å². The SMILES string of the molecule is CN(C)CCOC(=O)C(c1ccc([Si](C)(C)C)cc1)C(C)(C)O. The molecule has 5 heteroatoms. The molecular formula is C18H31NO3Si. The van der Waals surface area contributed by atoms with Crippen LogP contribution in [-0.4, -0.2) is 56.9 Å². The monoisotopic (exact) mass is 337 g/mol. The van der Waals surface area contributed by atoms with Crippen LogP contribution in [0.5, 0.6) is 0 Å². The summed E-state index contributed by atoms with van der Waals surface area (Å²) in [6.07, 6.45) is 0. The first-order valence-corrected chi connectivity index (χ1v) is 11.6. The number of benzene rings is 1. The molecule has 0 aliphatic carbocycles. The number of carbonyl (C=O) groups excluding carboxylic acids is 1. The normalized spacial score (nSPS) is 14.0.